The van der Waals surface area contributed by atoms with Crippen LogP contribution in [0.5, 0.6) is 0 Å². The highest BCUT2D eigenvalue weighted by Gasteiger charge is 2.06. The van der Waals surface area contributed by atoms with Gasteiger partial charge in [0, 0.05) is 25.2 Å². The third kappa shape index (κ3) is 2.46. The van der Waals surface area contributed by atoms with Gasteiger partial charge in [-0.3, -0.25) is 9.78 Å². The Balaban J connectivity index is 2.12. The van der Waals surface area contributed by atoms with Gasteiger partial charge in [-0.1, -0.05) is 0 Å². The first-order valence-electron chi connectivity index (χ1n) is 5.77. The van der Waals surface area contributed by atoms with Crippen LogP contribution in [0.15, 0.2) is 6.07 Å². The van der Waals surface area contributed by atoms with Gasteiger partial charge < -0.3 is 4.57 Å². The number of aromatic amines is 1. The Bertz CT molecular complexity index is 563. The summed E-state index contributed by atoms with van der Waals surface area (Å²) < 4.78 is 4.71. The molecule has 6 heteroatoms. The Kier molecular flexibility index (Phi) is 3.42. The van der Waals surface area contributed by atoms with Gasteiger partial charge in [-0.25, -0.2) is 0 Å². The van der Waals surface area contributed by atoms with Crippen LogP contribution in [0.3, 0.4) is 0 Å². The summed E-state index contributed by atoms with van der Waals surface area (Å²) in [6, 6.07) is 2.08. The summed E-state index contributed by atoms with van der Waals surface area (Å²) in [5.74, 6) is 0.991. The zero-order valence-corrected chi connectivity index (χ0v) is 11.2. The smallest absolute Gasteiger partial charge is 0.195 e. The van der Waals surface area contributed by atoms with Crippen LogP contribution in [0.4, 0.5) is 0 Å². The van der Waals surface area contributed by atoms with Gasteiger partial charge >= 0.3 is 0 Å². The van der Waals surface area contributed by atoms with Crippen molar-refractivity contribution in [1.29, 1.82) is 0 Å². The van der Waals surface area contributed by atoms with Gasteiger partial charge in [0.2, 0.25) is 0 Å². The summed E-state index contributed by atoms with van der Waals surface area (Å²) in [6.07, 6.45) is 0.836. The highest BCUT2D eigenvalue weighted by Crippen LogP contribution is 2.05. The predicted octanol–water partition coefficient (Wildman–Crippen LogP) is 2.02. The van der Waals surface area contributed by atoms with Crippen molar-refractivity contribution in [2.24, 2.45) is 0 Å². The van der Waals surface area contributed by atoms with Crippen LogP contribution in [0.2, 0.25) is 0 Å². The van der Waals surface area contributed by atoms with Crippen molar-refractivity contribution in [3.8, 4) is 0 Å². The molecule has 0 amide bonds. The largest absolute Gasteiger partial charge is 0.304 e. The maximum atomic E-state index is 5.16. The molecule has 5 nitrogen and oxygen atoms in total. The van der Waals surface area contributed by atoms with E-state index in [0.717, 1.165) is 31.0 Å². The molecule has 0 atom stereocenters. The van der Waals surface area contributed by atoms with Crippen LogP contribution < -0.4 is 0 Å². The van der Waals surface area contributed by atoms with E-state index in [1.807, 2.05) is 16.2 Å². The van der Waals surface area contributed by atoms with E-state index in [0.29, 0.717) is 4.77 Å². The molecule has 92 valence electrons. The number of hydrogen-bond donors (Lipinski definition) is 1. The summed E-state index contributed by atoms with van der Waals surface area (Å²) >= 11 is 5.16. The van der Waals surface area contributed by atoms with Crippen molar-refractivity contribution in [3.05, 3.63) is 28.0 Å². The molecule has 0 saturated carbocycles. The number of nitrogens with one attached hydrogen (secondary N) is 1. The summed E-state index contributed by atoms with van der Waals surface area (Å²) in [4.78, 5) is 0. The third-order valence-electron chi connectivity index (χ3n) is 2.80. The number of aromatic nitrogens is 5. The molecule has 0 radical (unpaired) electrons. The van der Waals surface area contributed by atoms with Crippen molar-refractivity contribution in [3.63, 3.8) is 0 Å². The Morgan fingerprint density at radius 1 is 1.41 bits per heavy atom. The number of H-pyrrole nitrogens is 1. The molecule has 0 aliphatic carbocycles. The monoisotopic (exact) mass is 251 g/mol. The maximum absolute atomic E-state index is 5.16. The second-order valence-corrected chi connectivity index (χ2v) is 4.48. The van der Waals surface area contributed by atoms with E-state index in [2.05, 4.69) is 35.2 Å². The van der Waals surface area contributed by atoms with Crippen molar-refractivity contribution >= 4 is 12.2 Å². The molecular formula is C11H17N5S. The number of hydrogen-bond acceptors (Lipinski definition) is 3. The van der Waals surface area contributed by atoms with Crippen LogP contribution in [0.25, 0.3) is 0 Å². The molecule has 0 fully saturated rings. The van der Waals surface area contributed by atoms with Crippen LogP contribution in [-0.2, 0) is 19.5 Å². The second-order valence-electron chi connectivity index (χ2n) is 4.09. The van der Waals surface area contributed by atoms with Crippen LogP contribution >= 0.6 is 12.2 Å². The van der Waals surface area contributed by atoms with Crippen LogP contribution in [0.1, 0.15) is 24.1 Å². The average Bonchev–Trinajstić information content (AvgIpc) is 2.79. The minimum atomic E-state index is 0.691. The first kappa shape index (κ1) is 12.0. The molecule has 0 unspecified atom stereocenters. The fraction of sp³-hybridized carbons (Fsp3) is 0.545. The van der Waals surface area contributed by atoms with Crippen LogP contribution in [-0.4, -0.2) is 24.5 Å². The van der Waals surface area contributed by atoms with E-state index >= 15 is 0 Å². The van der Waals surface area contributed by atoms with E-state index < -0.39 is 0 Å². The molecule has 0 saturated heterocycles. The SMILES string of the molecule is CCn1c(CCn2nc(C)cc2C)n[nH]c1=S. The number of aryl methyl sites for hydroxylation is 4. The van der Waals surface area contributed by atoms with E-state index in [1.54, 1.807) is 0 Å². The van der Waals surface area contributed by atoms with E-state index in [1.165, 1.54) is 5.69 Å². The molecule has 2 rings (SSSR count). The Hall–Kier alpha value is -1.43. The molecule has 2 aromatic rings. The quantitative estimate of drug-likeness (QED) is 0.846. The molecule has 2 heterocycles. The second kappa shape index (κ2) is 4.83. The van der Waals surface area contributed by atoms with Crippen molar-refractivity contribution in [2.45, 2.75) is 40.3 Å². The minimum absolute atomic E-state index is 0.691. The van der Waals surface area contributed by atoms with E-state index in [9.17, 15) is 0 Å². The predicted molar refractivity (Wildman–Crippen MR) is 68.5 cm³/mol. The lowest BCUT2D eigenvalue weighted by molar-refractivity contribution is 0.562. The van der Waals surface area contributed by atoms with Crippen molar-refractivity contribution < 1.29 is 0 Å². The minimum Gasteiger partial charge on any atom is -0.304 e. The topological polar surface area (TPSA) is 51.4 Å². The van der Waals surface area contributed by atoms with Crippen molar-refractivity contribution in [2.75, 3.05) is 0 Å². The summed E-state index contributed by atoms with van der Waals surface area (Å²) in [6.45, 7) is 7.82. The molecule has 0 aliphatic heterocycles. The lowest BCUT2D eigenvalue weighted by Crippen LogP contribution is -2.09. The lowest BCUT2D eigenvalue weighted by atomic mass is 10.3. The third-order valence-corrected chi connectivity index (χ3v) is 3.12. The van der Waals surface area contributed by atoms with Gasteiger partial charge in [-0.15, -0.1) is 0 Å². The highest BCUT2D eigenvalue weighted by atomic mass is 32.1. The highest BCUT2D eigenvalue weighted by molar-refractivity contribution is 7.71. The van der Waals surface area contributed by atoms with Gasteiger partial charge in [0.25, 0.3) is 0 Å². The standard InChI is InChI=1S/C11H17N5S/c1-4-15-10(12-13-11(15)17)5-6-16-9(3)7-8(2)14-16/h7H,4-6H2,1-3H3,(H,13,17). The van der Waals surface area contributed by atoms with Crippen LogP contribution in [0, 0.1) is 18.6 Å². The molecule has 17 heavy (non-hydrogen) atoms. The lowest BCUT2D eigenvalue weighted by Gasteiger charge is -2.05. The van der Waals surface area contributed by atoms with Gasteiger partial charge in [-0.2, -0.15) is 10.2 Å². The van der Waals surface area contributed by atoms with Gasteiger partial charge in [0.15, 0.2) is 4.77 Å². The first-order chi connectivity index (χ1) is 8.11. The van der Waals surface area contributed by atoms with Crippen molar-refractivity contribution in [1.82, 2.24) is 24.5 Å². The Morgan fingerprint density at radius 2 is 2.18 bits per heavy atom. The number of nitrogens with zero attached hydrogens (tertiary/aromatic N) is 4. The maximum Gasteiger partial charge on any atom is 0.195 e. The fourth-order valence-electron chi connectivity index (χ4n) is 1.97. The number of rotatable bonds is 4. The van der Waals surface area contributed by atoms with Gasteiger partial charge in [0.05, 0.1) is 5.69 Å². The molecule has 1 N–H and O–H groups in total. The zero-order valence-electron chi connectivity index (χ0n) is 10.4. The average molecular weight is 251 g/mol. The molecule has 0 aliphatic rings. The molecule has 2 aromatic heterocycles. The molecule has 0 bridgehead atoms. The fourth-order valence-corrected chi connectivity index (χ4v) is 2.25. The summed E-state index contributed by atoms with van der Waals surface area (Å²) in [7, 11) is 0. The Morgan fingerprint density at radius 3 is 2.76 bits per heavy atom. The summed E-state index contributed by atoms with van der Waals surface area (Å²) in [5.41, 5.74) is 2.23. The van der Waals surface area contributed by atoms with Gasteiger partial charge in [0.1, 0.15) is 5.82 Å². The first-order valence-corrected chi connectivity index (χ1v) is 6.17. The molecular weight excluding hydrogens is 234 g/mol. The zero-order chi connectivity index (χ0) is 12.4. The van der Waals surface area contributed by atoms with Gasteiger partial charge in [-0.05, 0) is 39.1 Å². The normalized spacial score (nSPS) is 11.0. The molecule has 0 spiro atoms. The van der Waals surface area contributed by atoms with E-state index in [4.69, 9.17) is 12.2 Å². The Labute approximate surface area is 105 Å². The van der Waals surface area contributed by atoms with E-state index in [-0.39, 0.29) is 0 Å². The molecule has 0 aromatic carbocycles. The summed E-state index contributed by atoms with van der Waals surface area (Å²) in [5, 5.41) is 11.5.